The molecule has 6 heteroatoms. The summed E-state index contributed by atoms with van der Waals surface area (Å²) in [6.45, 7) is -0.0661. The number of benzene rings is 2. The van der Waals surface area contributed by atoms with E-state index in [1.165, 1.54) is 6.07 Å². The van der Waals surface area contributed by atoms with Crippen LogP contribution < -0.4 is 5.32 Å². The minimum atomic E-state index is -0.301. The van der Waals surface area contributed by atoms with Crippen molar-refractivity contribution in [3.63, 3.8) is 0 Å². The van der Waals surface area contributed by atoms with Gasteiger partial charge in [0.2, 0.25) is 0 Å². The lowest BCUT2D eigenvalue weighted by molar-refractivity contribution is 0.0954. The summed E-state index contributed by atoms with van der Waals surface area (Å²) in [6.07, 6.45) is 2.23. The lowest BCUT2D eigenvalue weighted by Gasteiger charge is -2.08. The molecule has 0 aliphatic rings. The monoisotopic (exact) mass is 342 g/mol. The van der Waals surface area contributed by atoms with Gasteiger partial charge in [0, 0.05) is 29.2 Å². The highest BCUT2D eigenvalue weighted by Gasteiger charge is 2.11. The molecule has 0 radical (unpaired) electrons. The number of amides is 1. The van der Waals surface area contributed by atoms with E-state index in [9.17, 15) is 19.4 Å². The maximum absolute atomic E-state index is 13.9. The second-order valence-corrected chi connectivity index (χ2v) is 5.84. The molecule has 0 unspecified atom stereocenters. The SMILES string of the molecule is O=C(NCCc1c[nH]c2cccc(F)c12)c1cc(CO)cc(CO)c1. The van der Waals surface area contributed by atoms with Crippen molar-refractivity contribution in [3.8, 4) is 0 Å². The van der Waals surface area contributed by atoms with Gasteiger partial charge in [0.15, 0.2) is 0 Å². The molecule has 3 aromatic rings. The van der Waals surface area contributed by atoms with E-state index in [1.54, 1.807) is 36.5 Å². The number of carbonyl (C=O) groups is 1. The van der Waals surface area contributed by atoms with Crippen molar-refractivity contribution >= 4 is 16.8 Å². The molecule has 1 aromatic heterocycles. The smallest absolute Gasteiger partial charge is 0.251 e. The van der Waals surface area contributed by atoms with Crippen molar-refractivity contribution in [2.24, 2.45) is 0 Å². The molecule has 3 rings (SSSR count). The normalized spacial score (nSPS) is 11.0. The second-order valence-electron chi connectivity index (χ2n) is 5.84. The van der Waals surface area contributed by atoms with Crippen LogP contribution in [0.25, 0.3) is 10.9 Å². The standard InChI is InChI=1S/C19H19FN2O3/c20-16-2-1-3-17-18(16)14(9-22-17)4-5-21-19(25)15-7-12(10-23)6-13(8-15)11-24/h1-3,6-9,22-24H,4-5,10-11H2,(H,21,25). The zero-order chi connectivity index (χ0) is 17.8. The highest BCUT2D eigenvalue weighted by atomic mass is 19.1. The Balaban J connectivity index is 1.68. The Morgan fingerprint density at radius 2 is 1.84 bits per heavy atom. The van der Waals surface area contributed by atoms with Crippen LogP contribution >= 0.6 is 0 Å². The summed E-state index contributed by atoms with van der Waals surface area (Å²) in [7, 11) is 0. The molecule has 5 nitrogen and oxygen atoms in total. The van der Waals surface area contributed by atoms with Crippen LogP contribution in [-0.2, 0) is 19.6 Å². The number of rotatable bonds is 6. The predicted octanol–water partition coefficient (Wildman–Crippen LogP) is 2.26. The zero-order valence-corrected chi connectivity index (χ0v) is 13.6. The van der Waals surface area contributed by atoms with E-state index < -0.39 is 0 Å². The van der Waals surface area contributed by atoms with Gasteiger partial charge in [0.25, 0.3) is 5.91 Å². The summed E-state index contributed by atoms with van der Waals surface area (Å²) in [4.78, 5) is 15.3. The van der Waals surface area contributed by atoms with Crippen molar-refractivity contribution in [2.75, 3.05) is 6.54 Å². The molecule has 0 spiro atoms. The molecule has 25 heavy (non-hydrogen) atoms. The predicted molar refractivity (Wildman–Crippen MR) is 92.6 cm³/mol. The highest BCUT2D eigenvalue weighted by molar-refractivity contribution is 5.94. The number of carbonyl (C=O) groups excluding carboxylic acids is 1. The third-order valence-electron chi connectivity index (χ3n) is 4.10. The molecule has 0 saturated carbocycles. The van der Waals surface area contributed by atoms with Crippen LogP contribution in [0.2, 0.25) is 0 Å². The molecule has 0 fully saturated rings. The molecule has 0 aliphatic heterocycles. The van der Waals surface area contributed by atoms with Gasteiger partial charge >= 0.3 is 0 Å². The Labute approximate surface area is 144 Å². The first-order valence-corrected chi connectivity index (χ1v) is 7.99. The van der Waals surface area contributed by atoms with Crippen LogP contribution in [0.5, 0.6) is 0 Å². The van der Waals surface area contributed by atoms with E-state index in [0.717, 1.165) is 11.1 Å². The van der Waals surface area contributed by atoms with Gasteiger partial charge in [-0.2, -0.15) is 0 Å². The Bertz CT molecular complexity index is 883. The van der Waals surface area contributed by atoms with E-state index in [-0.39, 0.29) is 24.9 Å². The Hall–Kier alpha value is -2.70. The average molecular weight is 342 g/mol. The van der Waals surface area contributed by atoms with Gasteiger partial charge in [-0.15, -0.1) is 0 Å². The maximum atomic E-state index is 13.9. The fourth-order valence-electron chi connectivity index (χ4n) is 2.89. The molecule has 4 N–H and O–H groups in total. The van der Waals surface area contributed by atoms with E-state index in [1.807, 2.05) is 0 Å². The number of nitrogens with one attached hydrogen (secondary N) is 2. The molecule has 2 aromatic carbocycles. The first kappa shape index (κ1) is 17.1. The quantitative estimate of drug-likeness (QED) is 0.554. The molecule has 1 heterocycles. The number of fused-ring (bicyclic) bond motifs is 1. The Kier molecular flexibility index (Phi) is 5.11. The summed E-state index contributed by atoms with van der Waals surface area (Å²) in [5, 5.41) is 21.8. The number of hydrogen-bond acceptors (Lipinski definition) is 3. The molecule has 0 atom stereocenters. The van der Waals surface area contributed by atoms with Gasteiger partial charge in [0.05, 0.1) is 13.2 Å². The number of aliphatic hydroxyl groups is 2. The van der Waals surface area contributed by atoms with E-state index in [4.69, 9.17) is 0 Å². The number of halogens is 1. The lowest BCUT2D eigenvalue weighted by atomic mass is 10.1. The zero-order valence-electron chi connectivity index (χ0n) is 13.6. The summed E-state index contributed by atoms with van der Waals surface area (Å²) in [6, 6.07) is 9.67. The van der Waals surface area contributed by atoms with Crippen LogP contribution in [0.1, 0.15) is 27.0 Å². The van der Waals surface area contributed by atoms with Gasteiger partial charge in [-0.05, 0) is 47.4 Å². The van der Waals surface area contributed by atoms with Crippen molar-refractivity contribution in [1.82, 2.24) is 10.3 Å². The van der Waals surface area contributed by atoms with E-state index in [0.29, 0.717) is 35.0 Å². The van der Waals surface area contributed by atoms with Crippen LogP contribution in [0.15, 0.2) is 42.6 Å². The van der Waals surface area contributed by atoms with Crippen LogP contribution in [0, 0.1) is 5.82 Å². The topological polar surface area (TPSA) is 85.4 Å². The fraction of sp³-hybridized carbons (Fsp3) is 0.211. The minimum absolute atomic E-state index is 0.206. The fourth-order valence-corrected chi connectivity index (χ4v) is 2.89. The number of hydrogen-bond donors (Lipinski definition) is 4. The summed E-state index contributed by atoms with van der Waals surface area (Å²) < 4.78 is 13.9. The third-order valence-corrected chi connectivity index (χ3v) is 4.10. The number of aromatic nitrogens is 1. The molecule has 1 amide bonds. The number of aliphatic hydroxyl groups excluding tert-OH is 2. The first-order valence-electron chi connectivity index (χ1n) is 7.99. The van der Waals surface area contributed by atoms with Gasteiger partial charge in [-0.1, -0.05) is 12.1 Å². The maximum Gasteiger partial charge on any atom is 0.251 e. The first-order chi connectivity index (χ1) is 12.1. The summed E-state index contributed by atoms with van der Waals surface area (Å²) in [5.41, 5.74) is 3.03. The number of aromatic amines is 1. The Morgan fingerprint density at radius 3 is 2.52 bits per heavy atom. The molecular weight excluding hydrogens is 323 g/mol. The minimum Gasteiger partial charge on any atom is -0.392 e. The van der Waals surface area contributed by atoms with Gasteiger partial charge in [0.1, 0.15) is 5.82 Å². The molecule has 0 saturated heterocycles. The van der Waals surface area contributed by atoms with Gasteiger partial charge in [-0.3, -0.25) is 4.79 Å². The molecule has 0 bridgehead atoms. The van der Waals surface area contributed by atoms with Crippen LogP contribution in [0.3, 0.4) is 0 Å². The van der Waals surface area contributed by atoms with Crippen LogP contribution in [-0.4, -0.2) is 27.6 Å². The summed E-state index contributed by atoms with van der Waals surface area (Å²) in [5.74, 6) is -0.589. The lowest BCUT2D eigenvalue weighted by Crippen LogP contribution is -2.26. The van der Waals surface area contributed by atoms with Crippen molar-refractivity contribution in [2.45, 2.75) is 19.6 Å². The highest BCUT2D eigenvalue weighted by Crippen LogP contribution is 2.21. The van der Waals surface area contributed by atoms with Gasteiger partial charge in [-0.25, -0.2) is 4.39 Å². The third kappa shape index (κ3) is 3.70. The molecule has 130 valence electrons. The van der Waals surface area contributed by atoms with Crippen molar-refractivity contribution in [3.05, 3.63) is 70.7 Å². The largest absolute Gasteiger partial charge is 0.392 e. The Morgan fingerprint density at radius 1 is 1.12 bits per heavy atom. The van der Waals surface area contributed by atoms with Gasteiger partial charge < -0.3 is 20.5 Å². The van der Waals surface area contributed by atoms with Crippen molar-refractivity contribution < 1.29 is 19.4 Å². The molecule has 0 aliphatic carbocycles. The second kappa shape index (κ2) is 7.46. The summed E-state index contributed by atoms with van der Waals surface area (Å²) >= 11 is 0. The average Bonchev–Trinajstić information content (AvgIpc) is 3.05. The van der Waals surface area contributed by atoms with E-state index >= 15 is 0 Å². The molecular formula is C19H19FN2O3. The van der Waals surface area contributed by atoms with E-state index in [2.05, 4.69) is 10.3 Å². The number of H-pyrrole nitrogens is 1. The van der Waals surface area contributed by atoms with Crippen molar-refractivity contribution in [1.29, 1.82) is 0 Å². The van der Waals surface area contributed by atoms with Crippen LogP contribution in [0.4, 0.5) is 4.39 Å².